The van der Waals surface area contributed by atoms with E-state index in [9.17, 15) is 14.4 Å². The van der Waals surface area contributed by atoms with Gasteiger partial charge in [0.25, 0.3) is 5.91 Å². The zero-order chi connectivity index (χ0) is 25.0. The minimum atomic E-state index is -0.552. The molecule has 186 valence electrons. The molecule has 1 aromatic carbocycles. The number of anilines is 1. The molecular formula is C26H33N5O4. The molecule has 1 heterocycles. The third kappa shape index (κ3) is 6.55. The Morgan fingerprint density at radius 2 is 1.51 bits per heavy atom. The third-order valence-corrected chi connectivity index (χ3v) is 6.36. The number of hydrogen-bond acceptors (Lipinski definition) is 6. The number of nitrogens with zero attached hydrogens (tertiary/aromatic N) is 2. The first-order valence-corrected chi connectivity index (χ1v) is 12.2. The van der Waals surface area contributed by atoms with Crippen molar-refractivity contribution < 1.29 is 19.1 Å². The summed E-state index contributed by atoms with van der Waals surface area (Å²) in [7, 11) is 0. The Morgan fingerprint density at radius 3 is 2.14 bits per heavy atom. The zero-order valence-electron chi connectivity index (χ0n) is 20.5. The van der Waals surface area contributed by atoms with E-state index in [1.54, 1.807) is 0 Å². The van der Waals surface area contributed by atoms with Crippen LogP contribution in [0.1, 0.15) is 68.1 Å². The predicted octanol–water partition coefficient (Wildman–Crippen LogP) is 3.40. The molecule has 1 fully saturated rings. The molecule has 0 bridgehead atoms. The Kier molecular flexibility index (Phi) is 7.33. The molecule has 4 rings (SSSR count). The van der Waals surface area contributed by atoms with Gasteiger partial charge in [0.05, 0.1) is 0 Å². The van der Waals surface area contributed by atoms with Crippen molar-refractivity contribution in [2.45, 2.75) is 77.0 Å². The Hall–Kier alpha value is -3.49. The fourth-order valence-corrected chi connectivity index (χ4v) is 4.70. The Balaban J connectivity index is 1.30. The summed E-state index contributed by atoms with van der Waals surface area (Å²) in [5.41, 5.74) is 2.03. The van der Waals surface area contributed by atoms with Crippen molar-refractivity contribution in [3.05, 3.63) is 53.5 Å². The lowest BCUT2D eigenvalue weighted by Crippen LogP contribution is -2.42. The lowest BCUT2D eigenvalue weighted by molar-refractivity contribution is -0.120. The van der Waals surface area contributed by atoms with Gasteiger partial charge in [-0.25, -0.2) is 14.8 Å². The quantitative estimate of drug-likeness (QED) is 0.604. The lowest BCUT2D eigenvalue weighted by atomic mass is 9.85. The second kappa shape index (κ2) is 10.4. The molecule has 0 atom stereocenters. The van der Waals surface area contributed by atoms with Gasteiger partial charge in [0.1, 0.15) is 5.60 Å². The van der Waals surface area contributed by atoms with Crippen molar-refractivity contribution in [1.82, 2.24) is 20.6 Å². The van der Waals surface area contributed by atoms with Crippen LogP contribution in [0.15, 0.2) is 36.7 Å². The first kappa shape index (κ1) is 24.6. The number of hydrogen-bond donors (Lipinski definition) is 3. The minimum absolute atomic E-state index is 0.0155. The van der Waals surface area contributed by atoms with Gasteiger partial charge in [-0.15, -0.1) is 0 Å². The van der Waals surface area contributed by atoms with Gasteiger partial charge in [-0.3, -0.25) is 9.59 Å². The van der Waals surface area contributed by atoms with Crippen LogP contribution in [0, 0.1) is 5.92 Å². The highest BCUT2D eigenvalue weighted by molar-refractivity contribution is 6.01. The highest BCUT2D eigenvalue weighted by atomic mass is 16.6. The van der Waals surface area contributed by atoms with Crippen LogP contribution in [0.25, 0.3) is 0 Å². The maximum atomic E-state index is 13.0. The molecule has 9 nitrogen and oxygen atoms in total. The molecule has 9 heteroatoms. The van der Waals surface area contributed by atoms with Gasteiger partial charge in [-0.05, 0) is 70.4 Å². The van der Waals surface area contributed by atoms with Crippen LogP contribution in [-0.2, 0) is 22.4 Å². The first-order chi connectivity index (χ1) is 16.7. The fourth-order valence-electron chi connectivity index (χ4n) is 4.70. The van der Waals surface area contributed by atoms with Crippen LogP contribution in [-0.4, -0.2) is 45.6 Å². The van der Waals surface area contributed by atoms with Gasteiger partial charge in [0, 0.05) is 30.4 Å². The standard InChI is InChI=1S/C26H33N5O4/c1-26(2,3)35-25(34)30-19-10-8-16(9-11-19)23(32)31-22-21(27-12-13-28-22)24(33)29-20-14-17-6-4-5-7-18(17)15-20/h4-7,12-13,16,19-20H,8-11,14-15H2,1-3H3,(H,29,33)(H,30,34)(H,28,31,32)/t16-,19+. The summed E-state index contributed by atoms with van der Waals surface area (Å²) in [6.45, 7) is 5.46. The molecule has 0 spiro atoms. The Labute approximate surface area is 205 Å². The second-order valence-corrected chi connectivity index (χ2v) is 10.3. The number of aromatic nitrogens is 2. The largest absolute Gasteiger partial charge is 0.444 e. The van der Waals surface area contributed by atoms with Crippen molar-refractivity contribution in [2.75, 3.05) is 5.32 Å². The summed E-state index contributed by atoms with van der Waals surface area (Å²) < 4.78 is 5.31. The molecule has 2 aromatic rings. The minimum Gasteiger partial charge on any atom is -0.444 e. The summed E-state index contributed by atoms with van der Waals surface area (Å²) in [6, 6.07) is 8.11. The SMILES string of the molecule is CC(C)(C)OC(=O)N[C@H]1CC[C@@H](C(=O)Nc2nccnc2C(=O)NC2Cc3ccccc3C2)CC1. The highest BCUT2D eigenvalue weighted by Gasteiger charge is 2.30. The summed E-state index contributed by atoms with van der Waals surface area (Å²) >= 11 is 0. The van der Waals surface area contributed by atoms with E-state index in [0.717, 1.165) is 12.8 Å². The van der Waals surface area contributed by atoms with Crippen LogP contribution in [0.5, 0.6) is 0 Å². The van der Waals surface area contributed by atoms with Crippen molar-refractivity contribution in [3.8, 4) is 0 Å². The number of rotatable bonds is 5. The van der Waals surface area contributed by atoms with Crippen LogP contribution < -0.4 is 16.0 Å². The number of ether oxygens (including phenoxy) is 1. The molecule has 3 N–H and O–H groups in total. The van der Waals surface area contributed by atoms with Gasteiger partial charge in [0.15, 0.2) is 11.5 Å². The van der Waals surface area contributed by atoms with Gasteiger partial charge in [0.2, 0.25) is 5.91 Å². The Bertz CT molecular complexity index is 1060. The van der Waals surface area contributed by atoms with E-state index in [0.29, 0.717) is 25.7 Å². The first-order valence-electron chi connectivity index (χ1n) is 12.2. The molecule has 35 heavy (non-hydrogen) atoms. The van der Waals surface area contributed by atoms with E-state index < -0.39 is 11.7 Å². The number of carbonyl (C=O) groups excluding carboxylic acids is 3. The number of benzene rings is 1. The van der Waals surface area contributed by atoms with Crippen LogP contribution >= 0.6 is 0 Å². The maximum absolute atomic E-state index is 13.0. The van der Waals surface area contributed by atoms with Gasteiger partial charge in [-0.1, -0.05) is 24.3 Å². The third-order valence-electron chi connectivity index (χ3n) is 6.36. The van der Waals surface area contributed by atoms with E-state index in [1.807, 2.05) is 32.9 Å². The molecule has 0 saturated heterocycles. The number of fused-ring (bicyclic) bond motifs is 1. The van der Waals surface area contributed by atoms with Crippen molar-refractivity contribution >= 4 is 23.7 Å². The number of amides is 3. The van der Waals surface area contributed by atoms with E-state index >= 15 is 0 Å². The normalized spacial score (nSPS) is 20.0. The molecule has 3 amide bonds. The molecule has 1 aromatic heterocycles. The lowest BCUT2D eigenvalue weighted by Gasteiger charge is -2.29. The molecule has 0 radical (unpaired) electrons. The van der Waals surface area contributed by atoms with Crippen LogP contribution in [0.2, 0.25) is 0 Å². The highest BCUT2D eigenvalue weighted by Crippen LogP contribution is 2.26. The Morgan fingerprint density at radius 1 is 0.886 bits per heavy atom. The average molecular weight is 480 g/mol. The molecule has 0 unspecified atom stereocenters. The number of nitrogens with one attached hydrogen (secondary N) is 3. The zero-order valence-corrected chi connectivity index (χ0v) is 20.5. The molecule has 0 aliphatic heterocycles. The maximum Gasteiger partial charge on any atom is 0.407 e. The fraction of sp³-hybridized carbons (Fsp3) is 0.500. The molecular weight excluding hydrogens is 446 g/mol. The van der Waals surface area contributed by atoms with Crippen LogP contribution in [0.3, 0.4) is 0 Å². The molecule has 2 aliphatic rings. The predicted molar refractivity (Wildman–Crippen MR) is 131 cm³/mol. The molecule has 2 aliphatic carbocycles. The number of alkyl carbamates (subject to hydrolysis) is 1. The smallest absolute Gasteiger partial charge is 0.407 e. The van der Waals surface area contributed by atoms with Gasteiger partial charge < -0.3 is 20.7 Å². The van der Waals surface area contributed by atoms with Crippen molar-refractivity contribution in [1.29, 1.82) is 0 Å². The van der Waals surface area contributed by atoms with Crippen molar-refractivity contribution in [3.63, 3.8) is 0 Å². The molecule has 1 saturated carbocycles. The monoisotopic (exact) mass is 479 g/mol. The number of carbonyl (C=O) groups is 3. The van der Waals surface area contributed by atoms with Crippen molar-refractivity contribution in [2.24, 2.45) is 5.92 Å². The summed E-state index contributed by atoms with van der Waals surface area (Å²) in [5.74, 6) is -0.603. The topological polar surface area (TPSA) is 122 Å². The van der Waals surface area contributed by atoms with E-state index in [-0.39, 0.29) is 41.3 Å². The summed E-state index contributed by atoms with van der Waals surface area (Å²) in [4.78, 5) is 46.3. The van der Waals surface area contributed by atoms with Crippen LogP contribution in [0.4, 0.5) is 10.6 Å². The van der Waals surface area contributed by atoms with Gasteiger partial charge >= 0.3 is 6.09 Å². The second-order valence-electron chi connectivity index (χ2n) is 10.3. The van der Waals surface area contributed by atoms with E-state index in [1.165, 1.54) is 23.5 Å². The summed E-state index contributed by atoms with van der Waals surface area (Å²) in [5, 5.41) is 8.72. The summed E-state index contributed by atoms with van der Waals surface area (Å²) in [6.07, 6.45) is 6.59. The average Bonchev–Trinajstić information content (AvgIpc) is 3.21. The van der Waals surface area contributed by atoms with E-state index in [4.69, 9.17) is 4.74 Å². The van der Waals surface area contributed by atoms with E-state index in [2.05, 4.69) is 38.1 Å². The van der Waals surface area contributed by atoms with Gasteiger partial charge in [-0.2, -0.15) is 0 Å².